The summed E-state index contributed by atoms with van der Waals surface area (Å²) in [6.07, 6.45) is 10.2. The Labute approximate surface area is 270 Å². The van der Waals surface area contributed by atoms with Crippen LogP contribution in [0.5, 0.6) is 0 Å². The summed E-state index contributed by atoms with van der Waals surface area (Å²) in [7, 11) is 4.43. The first-order valence-electron chi connectivity index (χ1n) is 16.8. The van der Waals surface area contributed by atoms with E-state index in [-0.39, 0.29) is 18.2 Å². The predicted molar refractivity (Wildman–Crippen MR) is 182 cm³/mol. The molecule has 7 heteroatoms. The minimum Gasteiger partial charge on any atom is -0.456 e. The minimum atomic E-state index is -0.372. The Balaban J connectivity index is 0.989. The quantitative estimate of drug-likeness (QED) is 0.0947. The van der Waals surface area contributed by atoms with Crippen LogP contribution in [0.15, 0.2) is 84.9 Å². The average Bonchev–Trinajstić information content (AvgIpc) is 3.05. The second-order valence-corrected chi connectivity index (χ2v) is 12.8. The first kappa shape index (κ1) is 34.2. The molecule has 3 aromatic rings. The van der Waals surface area contributed by atoms with Gasteiger partial charge in [0.25, 0.3) is 0 Å². The van der Waals surface area contributed by atoms with Crippen molar-refractivity contribution in [3.63, 3.8) is 0 Å². The van der Waals surface area contributed by atoms with E-state index < -0.39 is 0 Å². The van der Waals surface area contributed by atoms with Crippen molar-refractivity contribution in [1.29, 1.82) is 0 Å². The predicted octanol–water partition coefficient (Wildman–Crippen LogP) is 8.03. The zero-order valence-electron chi connectivity index (χ0n) is 27.3. The van der Waals surface area contributed by atoms with Crippen LogP contribution >= 0.6 is 0 Å². The third-order valence-corrected chi connectivity index (χ3v) is 8.73. The van der Waals surface area contributed by atoms with Gasteiger partial charge in [0.15, 0.2) is 0 Å². The van der Waals surface area contributed by atoms with Crippen LogP contribution < -0.4 is 5.32 Å². The smallest absolute Gasteiger partial charge is 0.411 e. The SMILES string of the molecule is C[N+](C)(CCCCCCCCCN1CCC(OC(=O)Nc2ccccc2-c2ccccc2)CC1)CCOC(=O)c1ccccc1. The number of anilines is 1. The van der Waals surface area contributed by atoms with Crippen LogP contribution in [0.1, 0.15) is 68.1 Å². The van der Waals surface area contributed by atoms with Gasteiger partial charge in [-0.15, -0.1) is 0 Å². The van der Waals surface area contributed by atoms with Gasteiger partial charge >= 0.3 is 12.1 Å². The van der Waals surface area contributed by atoms with Gasteiger partial charge in [-0.2, -0.15) is 0 Å². The molecule has 4 rings (SSSR count). The maximum Gasteiger partial charge on any atom is 0.411 e. The molecule has 1 amide bonds. The lowest BCUT2D eigenvalue weighted by molar-refractivity contribution is -0.890. The molecule has 1 saturated heterocycles. The maximum atomic E-state index is 12.7. The number of carbonyl (C=O) groups is 2. The molecule has 0 unspecified atom stereocenters. The van der Waals surface area contributed by atoms with Crippen molar-refractivity contribution in [3.8, 4) is 11.1 Å². The number of unbranched alkanes of at least 4 members (excludes halogenated alkanes) is 6. The third-order valence-electron chi connectivity index (χ3n) is 8.73. The molecule has 7 nitrogen and oxygen atoms in total. The number of quaternary nitrogens is 1. The van der Waals surface area contributed by atoms with E-state index >= 15 is 0 Å². The van der Waals surface area contributed by atoms with Gasteiger partial charge in [-0.1, -0.05) is 92.4 Å². The van der Waals surface area contributed by atoms with Crippen molar-refractivity contribution in [2.45, 2.75) is 63.9 Å². The van der Waals surface area contributed by atoms with E-state index in [1.165, 1.54) is 44.9 Å². The number of benzene rings is 3. The summed E-state index contributed by atoms with van der Waals surface area (Å²) in [4.78, 5) is 27.3. The van der Waals surface area contributed by atoms with E-state index in [9.17, 15) is 9.59 Å². The zero-order valence-corrected chi connectivity index (χ0v) is 27.3. The summed E-state index contributed by atoms with van der Waals surface area (Å²) in [5, 5.41) is 2.97. The Bertz CT molecular complexity index is 1290. The molecule has 0 spiro atoms. The van der Waals surface area contributed by atoms with Crippen LogP contribution in [0.2, 0.25) is 0 Å². The van der Waals surface area contributed by atoms with Crippen LogP contribution in [0.25, 0.3) is 11.1 Å². The Morgan fingerprint density at radius 3 is 2.07 bits per heavy atom. The average molecular weight is 615 g/mol. The molecular formula is C38H52N3O4+. The lowest BCUT2D eigenvalue weighted by atomic mass is 10.0. The highest BCUT2D eigenvalue weighted by molar-refractivity contribution is 5.91. The van der Waals surface area contributed by atoms with Gasteiger partial charge < -0.3 is 18.9 Å². The number of hydrogen-bond donors (Lipinski definition) is 1. The van der Waals surface area contributed by atoms with Gasteiger partial charge in [0.05, 0.1) is 31.9 Å². The fraction of sp³-hybridized carbons (Fsp3) is 0.474. The number of nitrogens with zero attached hydrogens (tertiary/aromatic N) is 2. The Morgan fingerprint density at radius 1 is 0.756 bits per heavy atom. The molecule has 1 fully saturated rings. The second kappa shape index (κ2) is 18.3. The Kier molecular flexibility index (Phi) is 13.9. The highest BCUT2D eigenvalue weighted by atomic mass is 16.6. The molecule has 0 aromatic heterocycles. The van der Waals surface area contributed by atoms with Crippen LogP contribution in [0, 0.1) is 0 Å². The van der Waals surface area contributed by atoms with Gasteiger partial charge in [0.1, 0.15) is 19.3 Å². The molecule has 0 radical (unpaired) electrons. The van der Waals surface area contributed by atoms with Crippen LogP contribution in [-0.2, 0) is 9.47 Å². The van der Waals surface area contributed by atoms with E-state index in [0.29, 0.717) is 12.2 Å². The molecule has 1 aliphatic rings. The topological polar surface area (TPSA) is 67.9 Å². The van der Waals surface area contributed by atoms with E-state index in [1.807, 2.05) is 72.8 Å². The van der Waals surface area contributed by atoms with Crippen molar-refractivity contribution >= 4 is 17.7 Å². The van der Waals surface area contributed by atoms with E-state index in [4.69, 9.17) is 9.47 Å². The van der Waals surface area contributed by atoms with Gasteiger partial charge in [-0.05, 0) is 62.4 Å². The van der Waals surface area contributed by atoms with Crippen LogP contribution in [0.4, 0.5) is 10.5 Å². The van der Waals surface area contributed by atoms with Crippen molar-refractivity contribution in [2.75, 3.05) is 58.7 Å². The summed E-state index contributed by atoms with van der Waals surface area (Å²) in [5.74, 6) is -0.240. The largest absolute Gasteiger partial charge is 0.456 e. The van der Waals surface area contributed by atoms with Crippen molar-refractivity contribution in [1.82, 2.24) is 4.90 Å². The molecule has 242 valence electrons. The number of nitrogens with one attached hydrogen (secondary N) is 1. The monoisotopic (exact) mass is 614 g/mol. The second-order valence-electron chi connectivity index (χ2n) is 12.8. The first-order chi connectivity index (χ1) is 21.9. The molecule has 3 aromatic carbocycles. The number of ether oxygens (including phenoxy) is 2. The normalized spacial score (nSPS) is 14.2. The van der Waals surface area contributed by atoms with Crippen LogP contribution in [-0.4, -0.2) is 81.0 Å². The first-order valence-corrected chi connectivity index (χ1v) is 16.8. The minimum absolute atomic E-state index is 0.0296. The standard InChI is InChI=1S/C38H51N3O4/c1-41(2,30-31-44-37(42)33-20-12-9-13-21-33)29-17-7-5-3-4-6-16-26-40-27-24-34(25-28-40)45-38(43)39-36-23-15-14-22-35(36)32-18-10-8-11-19-32/h8-15,18-23,34H,3-7,16-17,24-31H2,1-2H3/p+1. The lowest BCUT2D eigenvalue weighted by Gasteiger charge is -2.31. The molecule has 0 bridgehead atoms. The summed E-state index contributed by atoms with van der Waals surface area (Å²) in [6, 6.07) is 27.1. The maximum absolute atomic E-state index is 12.7. The molecular weight excluding hydrogens is 562 g/mol. The van der Waals surface area contributed by atoms with E-state index in [1.54, 1.807) is 12.1 Å². The van der Waals surface area contributed by atoms with Crippen molar-refractivity contribution < 1.29 is 23.5 Å². The Morgan fingerprint density at radius 2 is 1.36 bits per heavy atom. The molecule has 45 heavy (non-hydrogen) atoms. The summed E-state index contributed by atoms with van der Waals surface area (Å²) >= 11 is 0. The summed E-state index contributed by atoms with van der Waals surface area (Å²) in [6.45, 7) is 5.48. The number of carbonyl (C=O) groups excluding carboxylic acids is 2. The van der Waals surface area contributed by atoms with Gasteiger partial charge in [-0.25, -0.2) is 9.59 Å². The van der Waals surface area contributed by atoms with Gasteiger partial charge in [-0.3, -0.25) is 5.32 Å². The summed E-state index contributed by atoms with van der Waals surface area (Å²) in [5.41, 5.74) is 3.44. The molecule has 0 saturated carbocycles. The molecule has 0 aliphatic carbocycles. The molecule has 0 atom stereocenters. The van der Waals surface area contributed by atoms with Crippen LogP contribution in [0.3, 0.4) is 0 Å². The van der Waals surface area contributed by atoms with Gasteiger partial charge in [0.2, 0.25) is 0 Å². The Hall–Kier alpha value is -3.68. The molecule has 1 aliphatic heterocycles. The number of likely N-dealkylation sites (tertiary alicyclic amines) is 1. The number of rotatable bonds is 17. The van der Waals surface area contributed by atoms with E-state index in [2.05, 4.69) is 24.3 Å². The van der Waals surface area contributed by atoms with Gasteiger partial charge in [0, 0.05) is 18.7 Å². The van der Waals surface area contributed by atoms with Crippen molar-refractivity contribution in [3.05, 3.63) is 90.5 Å². The number of piperidine rings is 1. The highest BCUT2D eigenvalue weighted by Crippen LogP contribution is 2.28. The fourth-order valence-electron chi connectivity index (χ4n) is 5.92. The van der Waals surface area contributed by atoms with E-state index in [0.717, 1.165) is 66.9 Å². The molecule has 1 N–H and O–H groups in total. The summed E-state index contributed by atoms with van der Waals surface area (Å²) < 4.78 is 12.1. The highest BCUT2D eigenvalue weighted by Gasteiger charge is 2.22. The number of amides is 1. The fourth-order valence-corrected chi connectivity index (χ4v) is 5.92. The third kappa shape index (κ3) is 12.3. The molecule has 1 heterocycles. The number of esters is 1. The zero-order chi connectivity index (χ0) is 31.7. The number of para-hydroxylation sites is 1. The number of hydrogen-bond acceptors (Lipinski definition) is 5. The van der Waals surface area contributed by atoms with Crippen molar-refractivity contribution in [2.24, 2.45) is 0 Å². The number of likely N-dealkylation sites (N-methyl/N-ethyl adjacent to an activating group) is 1. The lowest BCUT2D eigenvalue weighted by Crippen LogP contribution is -2.43.